The molecule has 1 saturated carbocycles. The zero-order valence-corrected chi connectivity index (χ0v) is 14.9. The van der Waals surface area contributed by atoms with Crippen LogP contribution in [0.25, 0.3) is 0 Å². The Morgan fingerprint density at radius 3 is 2.54 bits per heavy atom. The number of hydrogen-bond acceptors (Lipinski definition) is 7. The summed E-state index contributed by atoms with van der Waals surface area (Å²) in [4.78, 5) is 36.6. The molecule has 2 N–H and O–H groups in total. The average Bonchev–Trinajstić information content (AvgIpc) is 3.05. The second kappa shape index (κ2) is 5.19. The third kappa shape index (κ3) is 1.84. The average molecular weight is 362 g/mol. The van der Waals surface area contributed by atoms with Crippen LogP contribution in [0.1, 0.15) is 33.6 Å². The van der Waals surface area contributed by atoms with Crippen LogP contribution >= 0.6 is 0 Å². The fourth-order valence-electron chi connectivity index (χ4n) is 5.81. The van der Waals surface area contributed by atoms with Gasteiger partial charge in [0.1, 0.15) is 12.2 Å². The molecule has 0 aromatic heterocycles. The van der Waals surface area contributed by atoms with Crippen molar-refractivity contribution in [1.29, 1.82) is 0 Å². The summed E-state index contributed by atoms with van der Waals surface area (Å²) in [6.07, 6.45) is 0.303. The zero-order valence-electron chi connectivity index (χ0n) is 14.9. The summed E-state index contributed by atoms with van der Waals surface area (Å²) >= 11 is 0. The maximum Gasteiger partial charge on any atom is 0.331 e. The Morgan fingerprint density at radius 2 is 1.96 bits per heavy atom. The molecule has 7 heteroatoms. The maximum atomic E-state index is 12.7. The molecule has 0 bridgehead atoms. The molecule has 26 heavy (non-hydrogen) atoms. The SMILES string of the molecule is CC1=CC(=O)O[C@@H]1[C@@]1(C)C[C@@H]2OC(=O)C[C@H]3[C@@H](C)C(=O)C(O)=C1[C@@]23CO. The molecule has 0 amide bonds. The van der Waals surface area contributed by atoms with Crippen LogP contribution in [0.2, 0.25) is 0 Å². The first-order valence-electron chi connectivity index (χ1n) is 8.84. The number of aliphatic hydroxyl groups excluding tert-OH is 2. The maximum absolute atomic E-state index is 12.7. The zero-order chi connectivity index (χ0) is 19.0. The first kappa shape index (κ1) is 17.3. The number of Topliss-reactive ketones (excluding diaryl/α,β-unsaturated/α-hetero) is 1. The van der Waals surface area contributed by atoms with Crippen LogP contribution in [0.5, 0.6) is 0 Å². The Bertz CT molecular complexity index is 794. The first-order valence-corrected chi connectivity index (χ1v) is 8.84. The molecule has 140 valence electrons. The third-order valence-electron chi connectivity index (χ3n) is 6.86. The van der Waals surface area contributed by atoms with E-state index < -0.39 is 52.6 Å². The summed E-state index contributed by atoms with van der Waals surface area (Å²) in [5, 5.41) is 21.2. The van der Waals surface area contributed by atoms with Gasteiger partial charge in [0, 0.05) is 17.4 Å². The minimum atomic E-state index is -1.03. The van der Waals surface area contributed by atoms with Crippen LogP contribution in [-0.4, -0.2) is 46.7 Å². The van der Waals surface area contributed by atoms with Gasteiger partial charge in [-0.15, -0.1) is 0 Å². The monoisotopic (exact) mass is 362 g/mol. The molecule has 2 heterocycles. The van der Waals surface area contributed by atoms with E-state index in [1.54, 1.807) is 20.8 Å². The highest BCUT2D eigenvalue weighted by atomic mass is 16.6. The number of carbonyl (C=O) groups is 3. The van der Waals surface area contributed by atoms with Crippen LogP contribution in [0.3, 0.4) is 0 Å². The molecule has 2 fully saturated rings. The minimum Gasteiger partial charge on any atom is -0.504 e. The van der Waals surface area contributed by atoms with Crippen molar-refractivity contribution in [2.45, 2.75) is 45.8 Å². The molecule has 6 atom stereocenters. The number of ketones is 1. The lowest BCUT2D eigenvalue weighted by atomic mass is 9.56. The van der Waals surface area contributed by atoms with Crippen molar-refractivity contribution in [3.63, 3.8) is 0 Å². The van der Waals surface area contributed by atoms with Crippen LogP contribution in [-0.2, 0) is 23.9 Å². The number of aliphatic hydroxyl groups is 2. The summed E-state index contributed by atoms with van der Waals surface area (Å²) < 4.78 is 11.0. The molecule has 4 aliphatic rings. The Labute approximate surface area is 150 Å². The smallest absolute Gasteiger partial charge is 0.331 e. The summed E-state index contributed by atoms with van der Waals surface area (Å²) in [6.45, 7) is 4.86. The fourth-order valence-corrected chi connectivity index (χ4v) is 5.81. The minimum absolute atomic E-state index is 0.0100. The third-order valence-corrected chi connectivity index (χ3v) is 6.86. The van der Waals surface area contributed by atoms with Crippen LogP contribution in [0, 0.1) is 22.7 Å². The van der Waals surface area contributed by atoms with E-state index in [0.29, 0.717) is 11.1 Å². The second-order valence-corrected chi connectivity index (χ2v) is 8.19. The van der Waals surface area contributed by atoms with Crippen LogP contribution in [0.15, 0.2) is 23.0 Å². The van der Waals surface area contributed by atoms with Gasteiger partial charge in [-0.1, -0.05) is 13.8 Å². The fraction of sp³-hybridized carbons (Fsp3) is 0.632. The van der Waals surface area contributed by atoms with Crippen molar-refractivity contribution in [3.8, 4) is 0 Å². The summed E-state index contributed by atoms with van der Waals surface area (Å²) in [6, 6.07) is 0. The van der Waals surface area contributed by atoms with Crippen molar-refractivity contribution < 1.29 is 34.1 Å². The quantitative estimate of drug-likeness (QED) is 0.711. The van der Waals surface area contributed by atoms with E-state index in [2.05, 4.69) is 0 Å². The van der Waals surface area contributed by atoms with Gasteiger partial charge in [-0.2, -0.15) is 0 Å². The van der Waals surface area contributed by atoms with E-state index >= 15 is 0 Å². The number of hydrogen-bond donors (Lipinski definition) is 2. The molecule has 2 aliphatic heterocycles. The Kier molecular flexibility index (Phi) is 3.45. The highest BCUT2D eigenvalue weighted by molar-refractivity contribution is 5.98. The Hall–Kier alpha value is -2.15. The van der Waals surface area contributed by atoms with Crippen LogP contribution in [0.4, 0.5) is 0 Å². The van der Waals surface area contributed by atoms with Crippen molar-refractivity contribution >= 4 is 17.7 Å². The second-order valence-electron chi connectivity index (χ2n) is 8.19. The molecule has 0 aromatic rings. The molecule has 0 unspecified atom stereocenters. The lowest BCUT2D eigenvalue weighted by Gasteiger charge is -2.50. The largest absolute Gasteiger partial charge is 0.504 e. The molecule has 0 aromatic carbocycles. The molecular weight excluding hydrogens is 340 g/mol. The van der Waals surface area contributed by atoms with Crippen molar-refractivity contribution in [1.82, 2.24) is 0 Å². The van der Waals surface area contributed by atoms with Gasteiger partial charge in [-0.05, 0) is 30.4 Å². The number of allylic oxidation sites excluding steroid dienone is 1. The van der Waals surface area contributed by atoms with Gasteiger partial charge in [0.15, 0.2) is 11.5 Å². The normalized spacial score (nSPS) is 44.6. The van der Waals surface area contributed by atoms with Crippen molar-refractivity contribution in [3.05, 3.63) is 23.0 Å². The predicted molar refractivity (Wildman–Crippen MR) is 87.7 cm³/mol. The number of carbonyl (C=O) groups excluding carboxylic acids is 3. The van der Waals surface area contributed by atoms with Gasteiger partial charge in [0.05, 0.1) is 18.4 Å². The first-order chi connectivity index (χ1) is 12.2. The summed E-state index contributed by atoms with van der Waals surface area (Å²) in [7, 11) is 0. The van der Waals surface area contributed by atoms with E-state index in [1.165, 1.54) is 6.08 Å². The van der Waals surface area contributed by atoms with E-state index in [1.807, 2.05) is 0 Å². The lowest BCUT2D eigenvalue weighted by molar-refractivity contribution is -0.177. The van der Waals surface area contributed by atoms with E-state index in [-0.39, 0.29) is 25.2 Å². The highest BCUT2D eigenvalue weighted by Crippen LogP contribution is 2.67. The van der Waals surface area contributed by atoms with Gasteiger partial charge in [-0.25, -0.2) is 4.79 Å². The topological polar surface area (TPSA) is 110 Å². The Balaban J connectivity index is 1.96. The van der Waals surface area contributed by atoms with E-state index in [0.717, 1.165) is 0 Å². The standard InChI is InChI=1S/C19H22O7/c1-8-4-12(21)26-17(8)18(3)6-11-19(7-20)10(5-13(22)25-11)9(2)14(23)15(24)16(18)19/h4,9-11,17,20,24H,5-7H2,1-3H3/t9-,10+,11+,17+,18+,19-/m1/s1. The van der Waals surface area contributed by atoms with Crippen molar-refractivity contribution in [2.75, 3.05) is 6.61 Å². The molecule has 1 saturated heterocycles. The van der Waals surface area contributed by atoms with Gasteiger partial charge >= 0.3 is 11.9 Å². The Morgan fingerprint density at radius 1 is 1.27 bits per heavy atom. The molecule has 2 aliphatic carbocycles. The predicted octanol–water partition coefficient (Wildman–Crippen LogP) is 1.21. The van der Waals surface area contributed by atoms with Gasteiger partial charge in [0.25, 0.3) is 0 Å². The van der Waals surface area contributed by atoms with Gasteiger partial charge in [0.2, 0.25) is 0 Å². The molecule has 4 rings (SSSR count). The molecule has 0 spiro atoms. The van der Waals surface area contributed by atoms with Gasteiger partial charge < -0.3 is 19.7 Å². The number of ether oxygens (including phenoxy) is 2. The molecule has 7 nitrogen and oxygen atoms in total. The van der Waals surface area contributed by atoms with Crippen LogP contribution < -0.4 is 0 Å². The summed E-state index contributed by atoms with van der Waals surface area (Å²) in [5.74, 6) is -2.79. The summed E-state index contributed by atoms with van der Waals surface area (Å²) in [5.41, 5.74) is -0.929. The molecule has 0 radical (unpaired) electrons. The van der Waals surface area contributed by atoms with E-state index in [9.17, 15) is 24.6 Å². The highest BCUT2D eigenvalue weighted by Gasteiger charge is 2.71. The van der Waals surface area contributed by atoms with Crippen molar-refractivity contribution in [2.24, 2.45) is 22.7 Å². The number of cyclic esters (lactones) is 1. The van der Waals surface area contributed by atoms with Gasteiger partial charge in [-0.3, -0.25) is 9.59 Å². The number of esters is 2. The molecular formula is C19H22O7. The number of rotatable bonds is 2. The lowest BCUT2D eigenvalue weighted by Crippen LogP contribution is -2.56. The van der Waals surface area contributed by atoms with E-state index in [4.69, 9.17) is 9.47 Å².